The van der Waals surface area contributed by atoms with Gasteiger partial charge in [0.2, 0.25) is 0 Å². The predicted octanol–water partition coefficient (Wildman–Crippen LogP) is 1.18. The third kappa shape index (κ3) is 3.35. The number of nitrogens with zero attached hydrogens (tertiary/aromatic N) is 3. The van der Waals surface area contributed by atoms with Crippen LogP contribution in [-0.2, 0) is 6.54 Å². The van der Waals surface area contributed by atoms with Crippen molar-refractivity contribution in [1.29, 1.82) is 0 Å². The van der Waals surface area contributed by atoms with Crippen LogP contribution in [0.15, 0.2) is 4.52 Å². The number of rotatable bonds is 5. The van der Waals surface area contributed by atoms with Crippen LogP contribution in [0.5, 0.6) is 0 Å². The minimum absolute atomic E-state index is 0.264. The van der Waals surface area contributed by atoms with Crippen LogP contribution in [0.4, 0.5) is 0 Å². The molecule has 5 nitrogen and oxygen atoms in total. The van der Waals surface area contributed by atoms with Crippen LogP contribution in [0.2, 0.25) is 0 Å². The zero-order chi connectivity index (χ0) is 13.8. The van der Waals surface area contributed by atoms with Crippen molar-refractivity contribution in [2.45, 2.75) is 39.8 Å². The molecule has 0 aliphatic carbocycles. The second-order valence-electron chi connectivity index (χ2n) is 5.36. The molecular weight excluding hydrogens is 242 g/mol. The summed E-state index contributed by atoms with van der Waals surface area (Å²) in [5.74, 6) is 0.932. The van der Waals surface area contributed by atoms with Gasteiger partial charge in [0.15, 0.2) is 0 Å². The minimum atomic E-state index is 0.264. The van der Waals surface area contributed by atoms with E-state index in [0.29, 0.717) is 6.04 Å². The van der Waals surface area contributed by atoms with E-state index >= 15 is 0 Å². The van der Waals surface area contributed by atoms with Gasteiger partial charge in [-0.05, 0) is 20.3 Å². The fraction of sp³-hybridized carbons (Fsp3) is 0.786. The largest absolute Gasteiger partial charge is 0.395 e. The Bertz CT molecular complexity index is 374. The van der Waals surface area contributed by atoms with Crippen LogP contribution in [0.25, 0.3) is 0 Å². The molecule has 5 heteroatoms. The molecular formula is C14H25N3O2. The van der Waals surface area contributed by atoms with E-state index < -0.39 is 0 Å². The average molecular weight is 267 g/mol. The van der Waals surface area contributed by atoms with E-state index in [1.807, 2.05) is 13.8 Å². The molecule has 1 fully saturated rings. The van der Waals surface area contributed by atoms with E-state index in [4.69, 9.17) is 4.52 Å². The molecule has 1 N–H and O–H groups in total. The first-order valence-electron chi connectivity index (χ1n) is 7.14. The molecule has 0 bridgehead atoms. The number of aromatic nitrogens is 1. The molecule has 1 aromatic rings. The summed E-state index contributed by atoms with van der Waals surface area (Å²) in [6, 6.07) is 0.321. The van der Waals surface area contributed by atoms with Crippen molar-refractivity contribution in [1.82, 2.24) is 15.0 Å². The van der Waals surface area contributed by atoms with Crippen molar-refractivity contribution < 1.29 is 9.63 Å². The summed E-state index contributed by atoms with van der Waals surface area (Å²) < 4.78 is 5.21. The number of piperazine rings is 1. The second-order valence-corrected chi connectivity index (χ2v) is 5.36. The van der Waals surface area contributed by atoms with E-state index in [9.17, 15) is 5.11 Å². The number of hydrogen-bond donors (Lipinski definition) is 1. The molecule has 1 aromatic heterocycles. The Morgan fingerprint density at radius 1 is 1.26 bits per heavy atom. The molecule has 1 aliphatic heterocycles. The number of hydrogen-bond acceptors (Lipinski definition) is 5. The standard InChI is InChI=1S/C14H25N3O2/c1-4-13(10-18)17-7-5-16(6-8-17)9-14-11(2)15-19-12(14)3/h13,18H,4-10H2,1-3H3. The molecule has 1 saturated heterocycles. The molecule has 0 spiro atoms. The Labute approximate surface area is 115 Å². The fourth-order valence-electron chi connectivity index (χ4n) is 2.74. The van der Waals surface area contributed by atoms with Gasteiger partial charge in [-0.15, -0.1) is 0 Å². The summed E-state index contributed by atoms with van der Waals surface area (Å²) in [6.07, 6.45) is 1.01. The van der Waals surface area contributed by atoms with E-state index in [2.05, 4.69) is 21.9 Å². The van der Waals surface area contributed by atoms with Crippen molar-refractivity contribution in [3.8, 4) is 0 Å². The summed E-state index contributed by atoms with van der Waals surface area (Å²) in [6.45, 7) is 11.4. The van der Waals surface area contributed by atoms with Gasteiger partial charge in [-0.25, -0.2) is 0 Å². The smallest absolute Gasteiger partial charge is 0.138 e. The maximum absolute atomic E-state index is 9.35. The van der Waals surface area contributed by atoms with Gasteiger partial charge in [-0.2, -0.15) is 0 Å². The molecule has 0 saturated carbocycles. The Morgan fingerprint density at radius 2 is 1.95 bits per heavy atom. The molecule has 0 radical (unpaired) electrons. The lowest BCUT2D eigenvalue weighted by Crippen LogP contribution is -2.50. The third-order valence-electron chi connectivity index (χ3n) is 4.17. The van der Waals surface area contributed by atoms with E-state index in [-0.39, 0.29) is 6.61 Å². The monoisotopic (exact) mass is 267 g/mol. The average Bonchev–Trinajstić information content (AvgIpc) is 2.74. The summed E-state index contributed by atoms with van der Waals surface area (Å²) >= 11 is 0. The van der Waals surface area contributed by atoms with Gasteiger partial charge in [0, 0.05) is 44.3 Å². The lowest BCUT2D eigenvalue weighted by molar-refractivity contribution is 0.0606. The van der Waals surface area contributed by atoms with Gasteiger partial charge < -0.3 is 9.63 Å². The van der Waals surface area contributed by atoms with Crippen molar-refractivity contribution >= 4 is 0 Å². The number of aliphatic hydroxyl groups is 1. The highest BCUT2D eigenvalue weighted by atomic mass is 16.5. The van der Waals surface area contributed by atoms with E-state index in [0.717, 1.165) is 50.6 Å². The molecule has 19 heavy (non-hydrogen) atoms. The topological polar surface area (TPSA) is 52.7 Å². The van der Waals surface area contributed by atoms with Crippen molar-refractivity contribution in [2.24, 2.45) is 0 Å². The van der Waals surface area contributed by atoms with Crippen LogP contribution >= 0.6 is 0 Å². The SMILES string of the molecule is CCC(CO)N1CCN(Cc2c(C)noc2C)CC1. The first-order chi connectivity index (χ1) is 9.15. The molecule has 1 unspecified atom stereocenters. The Kier molecular flexibility index (Phi) is 4.96. The molecule has 0 aromatic carbocycles. The molecule has 1 aliphatic rings. The quantitative estimate of drug-likeness (QED) is 0.868. The van der Waals surface area contributed by atoms with Gasteiger partial charge in [0.05, 0.1) is 12.3 Å². The molecule has 0 amide bonds. The molecule has 1 atom stereocenters. The summed E-state index contributed by atoms with van der Waals surface area (Å²) in [5.41, 5.74) is 2.23. The Hall–Kier alpha value is -0.910. The van der Waals surface area contributed by atoms with Crippen molar-refractivity contribution in [2.75, 3.05) is 32.8 Å². The number of aryl methyl sites for hydroxylation is 2. The highest BCUT2D eigenvalue weighted by Gasteiger charge is 2.23. The van der Waals surface area contributed by atoms with Gasteiger partial charge in [0.25, 0.3) is 0 Å². The van der Waals surface area contributed by atoms with Crippen LogP contribution in [0.3, 0.4) is 0 Å². The minimum Gasteiger partial charge on any atom is -0.395 e. The van der Waals surface area contributed by atoms with Gasteiger partial charge >= 0.3 is 0 Å². The molecule has 2 heterocycles. The highest BCUT2D eigenvalue weighted by molar-refractivity contribution is 5.20. The maximum atomic E-state index is 9.35. The zero-order valence-electron chi connectivity index (χ0n) is 12.2. The summed E-state index contributed by atoms with van der Waals surface area (Å²) in [5, 5.41) is 13.4. The number of aliphatic hydroxyl groups excluding tert-OH is 1. The van der Waals surface area contributed by atoms with Crippen molar-refractivity contribution in [3.05, 3.63) is 17.0 Å². The van der Waals surface area contributed by atoms with Crippen LogP contribution in [-0.4, -0.2) is 58.9 Å². The summed E-state index contributed by atoms with van der Waals surface area (Å²) in [7, 11) is 0. The van der Waals surface area contributed by atoms with Gasteiger partial charge in [-0.3, -0.25) is 9.80 Å². The molecule has 108 valence electrons. The summed E-state index contributed by atoms with van der Waals surface area (Å²) in [4.78, 5) is 4.83. The van der Waals surface area contributed by atoms with Gasteiger partial charge in [0.1, 0.15) is 5.76 Å². The Morgan fingerprint density at radius 3 is 2.42 bits per heavy atom. The van der Waals surface area contributed by atoms with Crippen molar-refractivity contribution in [3.63, 3.8) is 0 Å². The van der Waals surface area contributed by atoms with Crippen LogP contribution in [0, 0.1) is 13.8 Å². The maximum Gasteiger partial charge on any atom is 0.138 e. The molecule has 2 rings (SSSR count). The Balaban J connectivity index is 1.87. The van der Waals surface area contributed by atoms with Crippen LogP contribution in [0.1, 0.15) is 30.4 Å². The van der Waals surface area contributed by atoms with Gasteiger partial charge in [-0.1, -0.05) is 12.1 Å². The lowest BCUT2D eigenvalue weighted by atomic mass is 10.1. The van der Waals surface area contributed by atoms with Crippen LogP contribution < -0.4 is 0 Å². The van der Waals surface area contributed by atoms with E-state index in [1.165, 1.54) is 5.56 Å². The predicted molar refractivity (Wildman–Crippen MR) is 74.0 cm³/mol. The highest BCUT2D eigenvalue weighted by Crippen LogP contribution is 2.17. The fourth-order valence-corrected chi connectivity index (χ4v) is 2.74. The first-order valence-corrected chi connectivity index (χ1v) is 7.14. The zero-order valence-corrected chi connectivity index (χ0v) is 12.2. The van der Waals surface area contributed by atoms with E-state index in [1.54, 1.807) is 0 Å². The second kappa shape index (κ2) is 6.50. The lowest BCUT2D eigenvalue weighted by Gasteiger charge is -2.38. The normalized spacial score (nSPS) is 19.8. The third-order valence-corrected chi connectivity index (χ3v) is 4.17. The first kappa shape index (κ1) is 14.5.